The molecule has 5 heteroatoms. The van der Waals surface area contributed by atoms with Crippen LogP contribution in [0.5, 0.6) is 0 Å². The predicted octanol–water partition coefficient (Wildman–Crippen LogP) is 2.49. The second-order valence-corrected chi connectivity index (χ2v) is 4.70. The molecule has 0 aliphatic rings. The van der Waals surface area contributed by atoms with E-state index in [-0.39, 0.29) is 6.04 Å². The number of pyridine rings is 1. The van der Waals surface area contributed by atoms with Gasteiger partial charge in [-0.2, -0.15) is 0 Å². The van der Waals surface area contributed by atoms with Crippen LogP contribution in [0.3, 0.4) is 0 Å². The summed E-state index contributed by atoms with van der Waals surface area (Å²) in [6, 6.07) is 7.56. The van der Waals surface area contributed by atoms with Gasteiger partial charge in [0.2, 0.25) is 0 Å². The van der Waals surface area contributed by atoms with Gasteiger partial charge in [-0.25, -0.2) is 8.78 Å². The SMILES string of the molecule is CN(Cc1ccncc1)C(CN)c1ccc(F)c(F)c1. The molecule has 0 spiro atoms. The van der Waals surface area contributed by atoms with Crippen molar-refractivity contribution in [1.29, 1.82) is 0 Å². The minimum Gasteiger partial charge on any atom is -0.329 e. The normalized spacial score (nSPS) is 12.7. The highest BCUT2D eigenvalue weighted by Crippen LogP contribution is 2.22. The molecule has 1 heterocycles. The lowest BCUT2D eigenvalue weighted by molar-refractivity contribution is 0.241. The van der Waals surface area contributed by atoms with E-state index in [0.29, 0.717) is 18.7 Å². The zero-order chi connectivity index (χ0) is 14.5. The number of likely N-dealkylation sites (N-methyl/N-ethyl adjacent to an activating group) is 1. The summed E-state index contributed by atoms with van der Waals surface area (Å²) in [6.07, 6.45) is 3.44. The van der Waals surface area contributed by atoms with Gasteiger partial charge in [-0.05, 0) is 42.4 Å². The fourth-order valence-corrected chi connectivity index (χ4v) is 2.18. The van der Waals surface area contributed by atoms with Gasteiger partial charge < -0.3 is 5.73 Å². The van der Waals surface area contributed by atoms with Crippen molar-refractivity contribution < 1.29 is 8.78 Å². The third-order valence-corrected chi connectivity index (χ3v) is 3.27. The zero-order valence-electron chi connectivity index (χ0n) is 11.3. The Balaban J connectivity index is 2.16. The Morgan fingerprint density at radius 2 is 1.85 bits per heavy atom. The van der Waals surface area contributed by atoms with Gasteiger partial charge in [-0.3, -0.25) is 9.88 Å². The molecule has 0 fully saturated rings. The Labute approximate surface area is 117 Å². The van der Waals surface area contributed by atoms with Gasteiger partial charge in [0.25, 0.3) is 0 Å². The molecule has 0 aliphatic heterocycles. The lowest BCUT2D eigenvalue weighted by Crippen LogP contribution is -2.30. The summed E-state index contributed by atoms with van der Waals surface area (Å²) in [6.45, 7) is 0.982. The van der Waals surface area contributed by atoms with Gasteiger partial charge in [0, 0.05) is 31.5 Å². The molecule has 1 atom stereocenters. The minimum atomic E-state index is -0.849. The number of rotatable bonds is 5. The van der Waals surface area contributed by atoms with E-state index < -0.39 is 11.6 Å². The monoisotopic (exact) mass is 277 g/mol. The van der Waals surface area contributed by atoms with Crippen molar-refractivity contribution in [3.63, 3.8) is 0 Å². The van der Waals surface area contributed by atoms with Crippen molar-refractivity contribution >= 4 is 0 Å². The van der Waals surface area contributed by atoms with Crippen LogP contribution in [0.15, 0.2) is 42.7 Å². The van der Waals surface area contributed by atoms with Crippen LogP contribution in [0, 0.1) is 11.6 Å². The second kappa shape index (κ2) is 6.54. The van der Waals surface area contributed by atoms with E-state index in [1.807, 2.05) is 24.1 Å². The largest absolute Gasteiger partial charge is 0.329 e. The third-order valence-electron chi connectivity index (χ3n) is 3.27. The summed E-state index contributed by atoms with van der Waals surface area (Å²) >= 11 is 0. The molecule has 0 amide bonds. The van der Waals surface area contributed by atoms with E-state index in [1.54, 1.807) is 18.5 Å². The number of benzene rings is 1. The molecule has 3 nitrogen and oxygen atoms in total. The summed E-state index contributed by atoms with van der Waals surface area (Å²) in [5.41, 5.74) is 7.53. The number of halogens is 2. The Morgan fingerprint density at radius 1 is 1.15 bits per heavy atom. The summed E-state index contributed by atoms with van der Waals surface area (Å²) in [5, 5.41) is 0. The Morgan fingerprint density at radius 3 is 2.45 bits per heavy atom. The van der Waals surface area contributed by atoms with Gasteiger partial charge in [0.1, 0.15) is 0 Å². The zero-order valence-corrected chi connectivity index (χ0v) is 11.3. The van der Waals surface area contributed by atoms with Crippen molar-refractivity contribution in [2.45, 2.75) is 12.6 Å². The Bertz CT molecular complexity index is 560. The average Bonchev–Trinajstić information content (AvgIpc) is 2.44. The number of hydrogen-bond acceptors (Lipinski definition) is 3. The van der Waals surface area contributed by atoms with E-state index in [4.69, 9.17) is 5.73 Å². The maximum atomic E-state index is 13.3. The summed E-state index contributed by atoms with van der Waals surface area (Å²) in [7, 11) is 1.90. The van der Waals surface area contributed by atoms with Gasteiger partial charge in [0.05, 0.1) is 0 Å². The number of hydrogen-bond donors (Lipinski definition) is 1. The maximum Gasteiger partial charge on any atom is 0.159 e. The van der Waals surface area contributed by atoms with Crippen LogP contribution < -0.4 is 5.73 Å². The first-order valence-electron chi connectivity index (χ1n) is 6.36. The van der Waals surface area contributed by atoms with Gasteiger partial charge in [0.15, 0.2) is 11.6 Å². The van der Waals surface area contributed by atoms with Gasteiger partial charge >= 0.3 is 0 Å². The van der Waals surface area contributed by atoms with Crippen LogP contribution in [-0.4, -0.2) is 23.5 Å². The van der Waals surface area contributed by atoms with E-state index in [0.717, 1.165) is 11.6 Å². The van der Waals surface area contributed by atoms with Gasteiger partial charge in [-0.1, -0.05) is 6.07 Å². The molecule has 20 heavy (non-hydrogen) atoms. The minimum absolute atomic E-state index is 0.168. The lowest BCUT2D eigenvalue weighted by Gasteiger charge is -2.27. The van der Waals surface area contributed by atoms with E-state index >= 15 is 0 Å². The molecule has 0 saturated carbocycles. The van der Waals surface area contributed by atoms with Crippen LogP contribution in [0.1, 0.15) is 17.2 Å². The third kappa shape index (κ3) is 3.37. The molecule has 0 bridgehead atoms. The van der Waals surface area contributed by atoms with Crippen LogP contribution in [-0.2, 0) is 6.54 Å². The molecule has 2 rings (SSSR count). The smallest absolute Gasteiger partial charge is 0.159 e. The summed E-state index contributed by atoms with van der Waals surface area (Å²) in [5.74, 6) is -1.69. The van der Waals surface area contributed by atoms with Crippen molar-refractivity contribution in [3.8, 4) is 0 Å². The predicted molar refractivity (Wildman–Crippen MR) is 73.9 cm³/mol. The highest BCUT2D eigenvalue weighted by atomic mass is 19.2. The van der Waals surface area contributed by atoms with Gasteiger partial charge in [-0.15, -0.1) is 0 Å². The molecule has 1 unspecified atom stereocenters. The fraction of sp³-hybridized carbons (Fsp3) is 0.267. The van der Waals surface area contributed by atoms with Crippen molar-refractivity contribution in [1.82, 2.24) is 9.88 Å². The van der Waals surface area contributed by atoms with Crippen molar-refractivity contribution in [2.75, 3.05) is 13.6 Å². The Hall–Kier alpha value is -1.85. The molecular formula is C15H17F2N3. The van der Waals surface area contributed by atoms with Crippen LogP contribution in [0.2, 0.25) is 0 Å². The summed E-state index contributed by atoms with van der Waals surface area (Å²) < 4.78 is 26.3. The highest BCUT2D eigenvalue weighted by molar-refractivity contribution is 5.22. The van der Waals surface area contributed by atoms with Crippen LogP contribution in [0.4, 0.5) is 8.78 Å². The first-order chi connectivity index (χ1) is 9.61. The molecule has 0 radical (unpaired) electrons. The van der Waals surface area contributed by atoms with E-state index in [1.165, 1.54) is 6.07 Å². The van der Waals surface area contributed by atoms with E-state index in [2.05, 4.69) is 4.98 Å². The maximum absolute atomic E-state index is 13.3. The summed E-state index contributed by atoms with van der Waals surface area (Å²) in [4.78, 5) is 5.96. The molecule has 0 saturated heterocycles. The Kier molecular flexibility index (Phi) is 4.76. The number of nitrogens with zero attached hydrogens (tertiary/aromatic N) is 2. The quantitative estimate of drug-likeness (QED) is 0.913. The molecule has 1 aromatic carbocycles. The molecule has 1 aromatic heterocycles. The van der Waals surface area contributed by atoms with E-state index in [9.17, 15) is 8.78 Å². The molecular weight excluding hydrogens is 260 g/mol. The second-order valence-electron chi connectivity index (χ2n) is 4.70. The molecule has 106 valence electrons. The topological polar surface area (TPSA) is 42.2 Å². The van der Waals surface area contributed by atoms with Crippen molar-refractivity contribution in [3.05, 3.63) is 65.5 Å². The lowest BCUT2D eigenvalue weighted by atomic mass is 10.0. The van der Waals surface area contributed by atoms with Crippen LogP contribution in [0.25, 0.3) is 0 Å². The fourth-order valence-electron chi connectivity index (χ4n) is 2.18. The average molecular weight is 277 g/mol. The standard InChI is InChI=1S/C15H17F2N3/c1-20(10-11-4-6-19-7-5-11)15(9-18)12-2-3-13(16)14(17)8-12/h2-8,15H,9-10,18H2,1H3. The van der Waals surface area contributed by atoms with Crippen LogP contribution >= 0.6 is 0 Å². The molecule has 2 aromatic rings. The first kappa shape index (κ1) is 14.6. The molecule has 2 N–H and O–H groups in total. The first-order valence-corrected chi connectivity index (χ1v) is 6.36. The highest BCUT2D eigenvalue weighted by Gasteiger charge is 2.17. The van der Waals surface area contributed by atoms with Crippen molar-refractivity contribution in [2.24, 2.45) is 5.73 Å². The number of aromatic nitrogens is 1. The molecule has 0 aliphatic carbocycles. The number of nitrogens with two attached hydrogens (primary N) is 1.